The van der Waals surface area contributed by atoms with Crippen molar-refractivity contribution in [3.63, 3.8) is 0 Å². The third-order valence-electron chi connectivity index (χ3n) is 3.28. The van der Waals surface area contributed by atoms with Gasteiger partial charge in [0.1, 0.15) is 0 Å². The molecule has 8 heteroatoms. The van der Waals surface area contributed by atoms with Crippen molar-refractivity contribution in [3.8, 4) is 0 Å². The van der Waals surface area contributed by atoms with Gasteiger partial charge in [-0.3, -0.25) is 0 Å². The van der Waals surface area contributed by atoms with Gasteiger partial charge < -0.3 is 10.6 Å². The molecule has 4 heterocycles. The molecular weight excluding hydrogens is 296 g/mol. The van der Waals surface area contributed by atoms with Crippen LogP contribution in [0.25, 0.3) is 0 Å². The summed E-state index contributed by atoms with van der Waals surface area (Å²) >= 11 is 3.02. The Morgan fingerprint density at radius 2 is 1.30 bits per heavy atom. The third-order valence-corrected chi connectivity index (χ3v) is 5.13. The minimum atomic E-state index is -0.424. The van der Waals surface area contributed by atoms with Crippen LogP contribution in [0.4, 0.5) is 9.59 Å². The van der Waals surface area contributed by atoms with Crippen molar-refractivity contribution in [2.45, 2.75) is 12.3 Å². The quantitative estimate of drug-likeness (QED) is 0.895. The van der Waals surface area contributed by atoms with Crippen LogP contribution < -0.4 is 10.6 Å². The monoisotopic (exact) mass is 306 g/mol. The van der Waals surface area contributed by atoms with E-state index < -0.39 is 12.3 Å². The number of nitrogens with one attached hydrogen (secondary N) is 2. The zero-order valence-corrected chi connectivity index (χ0v) is 11.8. The maximum Gasteiger partial charge on any atom is 0.340 e. The molecule has 4 rings (SSSR count). The highest BCUT2D eigenvalue weighted by molar-refractivity contribution is 7.10. The van der Waals surface area contributed by atoms with Crippen molar-refractivity contribution < 1.29 is 9.59 Å². The maximum absolute atomic E-state index is 12.2. The molecule has 2 aromatic rings. The summed E-state index contributed by atoms with van der Waals surface area (Å²) in [5.41, 5.74) is 0. The second kappa shape index (κ2) is 4.22. The molecule has 2 atom stereocenters. The standard InChI is InChI=1S/C12H10N4O2S2/c17-11-13-9(7-3-1-5-19-7)15-12(18)14-10(16(11)15)8-4-2-6-20-8/h1-6,9-10H,(H,13,17)(H,14,18)/t9-,10-/m1/s1. The van der Waals surface area contributed by atoms with E-state index in [0.29, 0.717) is 0 Å². The van der Waals surface area contributed by atoms with Gasteiger partial charge in [0.2, 0.25) is 0 Å². The second-order valence-electron chi connectivity index (χ2n) is 4.42. The lowest BCUT2D eigenvalue weighted by Crippen LogP contribution is -2.35. The Balaban J connectivity index is 1.73. The summed E-state index contributed by atoms with van der Waals surface area (Å²) in [5.74, 6) is 0. The van der Waals surface area contributed by atoms with Gasteiger partial charge in [0.05, 0.1) is 0 Å². The van der Waals surface area contributed by atoms with Gasteiger partial charge in [0.25, 0.3) is 0 Å². The smallest absolute Gasteiger partial charge is 0.310 e. The number of fused-ring (bicyclic) bond motifs is 1. The van der Waals surface area contributed by atoms with E-state index in [-0.39, 0.29) is 12.1 Å². The minimum Gasteiger partial charge on any atom is -0.310 e. The Labute approximate surface area is 122 Å². The number of urea groups is 2. The van der Waals surface area contributed by atoms with Crippen LogP contribution in [0.15, 0.2) is 35.0 Å². The van der Waals surface area contributed by atoms with Crippen molar-refractivity contribution in [3.05, 3.63) is 44.8 Å². The Morgan fingerprint density at radius 1 is 0.850 bits per heavy atom. The van der Waals surface area contributed by atoms with Gasteiger partial charge in [-0.1, -0.05) is 12.1 Å². The van der Waals surface area contributed by atoms with Gasteiger partial charge in [-0.15, -0.1) is 22.7 Å². The third kappa shape index (κ3) is 1.55. The SMILES string of the molecule is O=C1N[C@@H](c2cccs2)N2C(=O)N[C@@H](c3cccs3)N12. The van der Waals surface area contributed by atoms with Crippen LogP contribution in [0.3, 0.4) is 0 Å². The first kappa shape index (κ1) is 11.7. The van der Waals surface area contributed by atoms with Crippen LogP contribution in [0.1, 0.15) is 22.1 Å². The number of thiophene rings is 2. The normalized spacial score (nSPS) is 24.8. The molecule has 6 nitrogen and oxygen atoms in total. The lowest BCUT2D eigenvalue weighted by molar-refractivity contribution is 0.0691. The predicted octanol–water partition coefficient (Wildman–Crippen LogP) is 2.47. The first-order valence-electron chi connectivity index (χ1n) is 6.02. The number of carbonyl (C=O) groups is 2. The topological polar surface area (TPSA) is 64.7 Å². The summed E-state index contributed by atoms with van der Waals surface area (Å²) < 4.78 is 0. The molecule has 0 saturated carbocycles. The zero-order valence-electron chi connectivity index (χ0n) is 10.1. The van der Waals surface area contributed by atoms with Crippen LogP contribution >= 0.6 is 22.7 Å². The highest BCUT2D eigenvalue weighted by atomic mass is 32.1. The molecule has 20 heavy (non-hydrogen) atoms. The van der Waals surface area contributed by atoms with Crippen molar-refractivity contribution in [2.24, 2.45) is 0 Å². The average Bonchev–Trinajstić information content (AvgIpc) is 3.17. The Hall–Kier alpha value is -2.06. The average molecular weight is 306 g/mol. The molecule has 4 amide bonds. The van der Waals surface area contributed by atoms with E-state index in [2.05, 4.69) is 10.6 Å². The molecule has 0 aromatic carbocycles. The fraction of sp³-hybridized carbons (Fsp3) is 0.167. The second-order valence-corrected chi connectivity index (χ2v) is 6.38. The van der Waals surface area contributed by atoms with Crippen molar-refractivity contribution >= 4 is 34.7 Å². The molecule has 2 aliphatic heterocycles. The van der Waals surface area contributed by atoms with Gasteiger partial charge in [0, 0.05) is 9.75 Å². The lowest BCUT2D eigenvalue weighted by Gasteiger charge is -2.22. The first-order valence-corrected chi connectivity index (χ1v) is 7.78. The van der Waals surface area contributed by atoms with E-state index in [9.17, 15) is 9.59 Å². The molecule has 102 valence electrons. The number of carbonyl (C=O) groups excluding carboxylic acids is 2. The molecule has 2 N–H and O–H groups in total. The summed E-state index contributed by atoms with van der Waals surface area (Å²) in [7, 11) is 0. The van der Waals surface area contributed by atoms with E-state index in [1.807, 2.05) is 35.0 Å². The molecule has 2 aliphatic rings. The number of amides is 4. The summed E-state index contributed by atoms with van der Waals surface area (Å²) in [5, 5.41) is 12.5. The van der Waals surface area contributed by atoms with Gasteiger partial charge in [-0.05, 0) is 22.9 Å². The lowest BCUT2D eigenvalue weighted by atomic mass is 10.4. The van der Waals surface area contributed by atoms with Crippen molar-refractivity contribution in [1.29, 1.82) is 0 Å². The van der Waals surface area contributed by atoms with Crippen molar-refractivity contribution in [2.75, 3.05) is 0 Å². The summed E-state index contributed by atoms with van der Waals surface area (Å²) in [6.07, 6.45) is -0.847. The number of nitrogens with zero attached hydrogens (tertiary/aromatic N) is 2. The maximum atomic E-state index is 12.2. The van der Waals surface area contributed by atoms with Gasteiger partial charge in [0.15, 0.2) is 12.3 Å². The molecule has 2 fully saturated rings. The van der Waals surface area contributed by atoms with E-state index in [1.54, 1.807) is 0 Å². The van der Waals surface area contributed by atoms with Gasteiger partial charge in [-0.25, -0.2) is 19.6 Å². The predicted molar refractivity (Wildman–Crippen MR) is 74.9 cm³/mol. The minimum absolute atomic E-state index is 0.264. The number of hydrogen-bond donors (Lipinski definition) is 2. The Morgan fingerprint density at radius 3 is 1.65 bits per heavy atom. The Kier molecular flexibility index (Phi) is 2.48. The van der Waals surface area contributed by atoms with Crippen LogP contribution in [0, 0.1) is 0 Å². The molecule has 0 radical (unpaired) electrons. The molecule has 2 saturated heterocycles. The first-order chi connectivity index (χ1) is 9.75. The van der Waals surface area contributed by atoms with Crippen LogP contribution in [-0.4, -0.2) is 22.1 Å². The van der Waals surface area contributed by atoms with E-state index in [0.717, 1.165) is 9.75 Å². The number of hydrazine groups is 1. The highest BCUT2D eigenvalue weighted by Crippen LogP contribution is 2.38. The molecule has 2 aromatic heterocycles. The molecule has 0 bridgehead atoms. The van der Waals surface area contributed by atoms with Crippen molar-refractivity contribution in [1.82, 2.24) is 20.7 Å². The molecule has 0 aliphatic carbocycles. The largest absolute Gasteiger partial charge is 0.340 e. The number of rotatable bonds is 2. The summed E-state index contributed by atoms with van der Waals surface area (Å²) in [6, 6.07) is 7.09. The van der Waals surface area contributed by atoms with Crippen LogP contribution in [0.2, 0.25) is 0 Å². The van der Waals surface area contributed by atoms with E-state index in [4.69, 9.17) is 0 Å². The van der Waals surface area contributed by atoms with Crippen LogP contribution in [-0.2, 0) is 0 Å². The number of hydrogen-bond acceptors (Lipinski definition) is 4. The van der Waals surface area contributed by atoms with E-state index >= 15 is 0 Å². The highest BCUT2D eigenvalue weighted by Gasteiger charge is 2.51. The van der Waals surface area contributed by atoms with Gasteiger partial charge >= 0.3 is 12.1 Å². The van der Waals surface area contributed by atoms with Crippen LogP contribution in [0.5, 0.6) is 0 Å². The molecule has 0 unspecified atom stereocenters. The van der Waals surface area contributed by atoms with Gasteiger partial charge in [-0.2, -0.15) is 0 Å². The fourth-order valence-electron chi connectivity index (χ4n) is 2.44. The molecule has 0 spiro atoms. The zero-order chi connectivity index (χ0) is 13.7. The summed E-state index contributed by atoms with van der Waals surface area (Å²) in [6.45, 7) is 0. The summed E-state index contributed by atoms with van der Waals surface area (Å²) in [4.78, 5) is 26.3. The van der Waals surface area contributed by atoms with E-state index in [1.165, 1.54) is 32.7 Å². The molecular formula is C12H10N4O2S2. The Bertz CT molecular complexity index is 597. The fourth-order valence-corrected chi connectivity index (χ4v) is 3.96.